The molecule has 4 heterocycles. The molecule has 0 bridgehead atoms. The van der Waals surface area contributed by atoms with Gasteiger partial charge in [0.1, 0.15) is 34.4 Å². The van der Waals surface area contributed by atoms with Crippen LogP contribution in [0.5, 0.6) is 17.5 Å². The van der Waals surface area contributed by atoms with Crippen molar-refractivity contribution < 1.29 is 19.7 Å². The maximum atomic E-state index is 12.3. The molecule has 0 aliphatic rings. The van der Waals surface area contributed by atoms with Gasteiger partial charge >= 0.3 is 0 Å². The van der Waals surface area contributed by atoms with Gasteiger partial charge in [0.2, 0.25) is 17.4 Å². The van der Waals surface area contributed by atoms with Crippen LogP contribution >= 0.6 is 0 Å². The lowest BCUT2D eigenvalue weighted by molar-refractivity contribution is 0.112. The van der Waals surface area contributed by atoms with Gasteiger partial charge in [-0.3, -0.25) is 13.6 Å². The third kappa shape index (κ3) is 5.13. The van der Waals surface area contributed by atoms with E-state index in [1.807, 2.05) is 18.2 Å². The Morgan fingerprint density at radius 1 is 0.778 bits per heavy atom. The van der Waals surface area contributed by atoms with Gasteiger partial charge in [-0.1, -0.05) is 36.4 Å². The standard InChI is InChI=1S/C40H26N10O4/c1-21-26(19-41)37-43-28-9-5-7-11-31(28)49(37)39(52)35(21)47-45-27-15-13-23(17-25(27)20-51)24-14-16-30(33(18-24)54-4)46-48-36-22(2)34(42-3)38-44-29-10-6-8-12-32(29)50(38)40(36)53/h5-18,20,52-53H,1-2,4H3. The lowest BCUT2D eigenvalue weighted by Gasteiger charge is -2.11. The summed E-state index contributed by atoms with van der Waals surface area (Å²) in [5, 5.41) is 49.9. The van der Waals surface area contributed by atoms with Crippen molar-refractivity contribution in [2.75, 3.05) is 7.11 Å². The number of aldehydes is 1. The molecule has 4 aromatic carbocycles. The molecule has 14 heteroatoms. The summed E-state index contributed by atoms with van der Waals surface area (Å²) < 4.78 is 8.60. The minimum Gasteiger partial charge on any atom is -0.494 e. The van der Waals surface area contributed by atoms with Crippen LogP contribution in [-0.4, -0.2) is 42.4 Å². The second-order valence-corrected chi connectivity index (χ2v) is 12.2. The number of azo groups is 2. The van der Waals surface area contributed by atoms with Crippen molar-refractivity contribution in [3.8, 4) is 34.7 Å². The van der Waals surface area contributed by atoms with Crippen molar-refractivity contribution in [3.05, 3.63) is 119 Å². The van der Waals surface area contributed by atoms with E-state index in [2.05, 4.69) is 41.3 Å². The molecule has 0 radical (unpaired) electrons. The highest BCUT2D eigenvalue weighted by Crippen LogP contribution is 2.44. The van der Waals surface area contributed by atoms with Gasteiger partial charge in [-0.05, 0) is 79.1 Å². The van der Waals surface area contributed by atoms with E-state index in [4.69, 9.17) is 11.3 Å². The van der Waals surface area contributed by atoms with Crippen LogP contribution in [-0.2, 0) is 0 Å². The number of methoxy groups -OCH3 is 1. The van der Waals surface area contributed by atoms with Gasteiger partial charge in [-0.25, -0.2) is 14.8 Å². The fourth-order valence-corrected chi connectivity index (χ4v) is 6.49. The zero-order valence-corrected chi connectivity index (χ0v) is 28.8. The van der Waals surface area contributed by atoms with E-state index in [1.165, 1.54) is 15.9 Å². The topological polar surface area (TPSA) is 179 Å². The highest BCUT2D eigenvalue weighted by atomic mass is 16.5. The van der Waals surface area contributed by atoms with Crippen LogP contribution in [0.15, 0.2) is 105 Å². The van der Waals surface area contributed by atoms with Gasteiger partial charge in [0.25, 0.3) is 0 Å². The third-order valence-electron chi connectivity index (χ3n) is 9.25. The van der Waals surface area contributed by atoms with Crippen LogP contribution < -0.4 is 4.74 Å². The largest absolute Gasteiger partial charge is 0.494 e. The van der Waals surface area contributed by atoms with Gasteiger partial charge < -0.3 is 14.9 Å². The Hall–Kier alpha value is -7.97. The molecule has 8 rings (SSSR count). The summed E-state index contributed by atoms with van der Waals surface area (Å²) in [4.78, 5) is 25.0. The average molecular weight is 711 g/mol. The maximum Gasteiger partial charge on any atom is 0.234 e. The normalized spacial score (nSPS) is 11.6. The smallest absolute Gasteiger partial charge is 0.234 e. The number of aromatic hydroxyl groups is 2. The molecule has 0 aliphatic heterocycles. The molecule has 0 aliphatic carbocycles. The van der Waals surface area contributed by atoms with Gasteiger partial charge in [0.15, 0.2) is 17.6 Å². The molecule has 4 aromatic heterocycles. The lowest BCUT2D eigenvalue weighted by atomic mass is 10.0. The predicted octanol–water partition coefficient (Wildman–Crippen LogP) is 10.1. The van der Waals surface area contributed by atoms with Crippen LogP contribution in [0.1, 0.15) is 27.0 Å². The number of nitriles is 1. The summed E-state index contributed by atoms with van der Waals surface area (Å²) in [5.74, 6) is -0.0696. The second-order valence-electron chi connectivity index (χ2n) is 12.2. The van der Waals surface area contributed by atoms with Crippen molar-refractivity contribution in [3.63, 3.8) is 0 Å². The molecule has 0 fully saturated rings. The number of imidazole rings is 2. The summed E-state index contributed by atoms with van der Waals surface area (Å²) in [6.45, 7) is 11.1. The highest BCUT2D eigenvalue weighted by Gasteiger charge is 2.22. The Kier molecular flexibility index (Phi) is 7.97. The number of para-hydroxylation sites is 4. The Balaban J connectivity index is 1.13. The number of nitrogens with zero attached hydrogens (tertiary/aromatic N) is 10. The van der Waals surface area contributed by atoms with E-state index in [1.54, 1.807) is 80.6 Å². The number of hydrogen-bond donors (Lipinski definition) is 2. The highest BCUT2D eigenvalue weighted by molar-refractivity contribution is 5.91. The summed E-state index contributed by atoms with van der Waals surface area (Å²) in [6.07, 6.45) is 0.657. The number of aromatic nitrogens is 4. The average Bonchev–Trinajstić information content (AvgIpc) is 3.77. The molecule has 14 nitrogen and oxygen atoms in total. The van der Waals surface area contributed by atoms with Gasteiger partial charge in [-0.15, -0.1) is 20.5 Å². The van der Waals surface area contributed by atoms with Crippen molar-refractivity contribution >= 4 is 68.1 Å². The first-order valence-electron chi connectivity index (χ1n) is 16.4. The molecule has 0 unspecified atom stereocenters. The van der Waals surface area contributed by atoms with E-state index in [0.29, 0.717) is 73.3 Å². The number of benzene rings is 4. The first-order chi connectivity index (χ1) is 26.3. The van der Waals surface area contributed by atoms with Gasteiger partial charge in [-0.2, -0.15) is 5.26 Å². The molecule has 8 aromatic rings. The molecular weight excluding hydrogens is 685 g/mol. The van der Waals surface area contributed by atoms with E-state index < -0.39 is 0 Å². The summed E-state index contributed by atoms with van der Waals surface area (Å²) >= 11 is 0. The zero-order valence-electron chi connectivity index (χ0n) is 28.8. The number of ether oxygens (including phenoxy) is 1. The number of pyridine rings is 2. The molecule has 0 saturated carbocycles. The van der Waals surface area contributed by atoms with Crippen LogP contribution in [0, 0.1) is 31.8 Å². The monoisotopic (exact) mass is 710 g/mol. The molecule has 0 atom stereocenters. The van der Waals surface area contributed by atoms with Crippen molar-refractivity contribution in [1.29, 1.82) is 5.26 Å². The Labute approximate surface area is 306 Å². The van der Waals surface area contributed by atoms with Crippen molar-refractivity contribution in [1.82, 2.24) is 18.8 Å². The fourth-order valence-electron chi connectivity index (χ4n) is 6.49. The van der Waals surface area contributed by atoms with Gasteiger partial charge in [0, 0.05) is 11.1 Å². The van der Waals surface area contributed by atoms with Crippen LogP contribution in [0.4, 0.5) is 28.4 Å². The molecule has 0 saturated heterocycles. The van der Waals surface area contributed by atoms with E-state index >= 15 is 0 Å². The molecule has 260 valence electrons. The molecule has 0 spiro atoms. The van der Waals surface area contributed by atoms with Crippen molar-refractivity contribution in [2.45, 2.75) is 13.8 Å². The third-order valence-corrected chi connectivity index (χ3v) is 9.25. The zero-order chi connectivity index (χ0) is 37.7. The first kappa shape index (κ1) is 33.2. The number of hydrogen-bond acceptors (Lipinski definition) is 11. The summed E-state index contributed by atoms with van der Waals surface area (Å²) in [6, 6.07) is 26.8. The Morgan fingerprint density at radius 2 is 1.33 bits per heavy atom. The number of rotatable bonds is 7. The number of carbonyl (C=O) groups is 1. The lowest BCUT2D eigenvalue weighted by Crippen LogP contribution is -1.95. The SMILES string of the molecule is [C-]#[N+]c1c(C)c(N=Nc2ccc(-c3ccc(N=Nc4c(C)c(C#N)c5nc6ccccc6n5c4O)c(C=O)c3)cc2OC)c(O)n2c1nc1ccccc12. The minimum atomic E-state index is -0.236. The summed E-state index contributed by atoms with van der Waals surface area (Å²) in [5.41, 5.74) is 6.80. The number of fused-ring (bicyclic) bond motifs is 6. The van der Waals surface area contributed by atoms with E-state index in [-0.39, 0.29) is 45.6 Å². The first-order valence-corrected chi connectivity index (χ1v) is 16.4. The number of carbonyl (C=O) groups excluding carboxylic acids is 1. The quantitative estimate of drug-likeness (QED) is 0.0938. The summed E-state index contributed by atoms with van der Waals surface area (Å²) in [7, 11) is 1.49. The molecule has 0 amide bonds. The second kappa shape index (κ2) is 13.0. The minimum absolute atomic E-state index is 0.0738. The molecule has 54 heavy (non-hydrogen) atoms. The van der Waals surface area contributed by atoms with Crippen LogP contribution in [0.2, 0.25) is 0 Å². The Bertz CT molecular complexity index is 3040. The van der Waals surface area contributed by atoms with Gasteiger partial charge in [0.05, 0.1) is 41.4 Å². The van der Waals surface area contributed by atoms with E-state index in [0.717, 1.165) is 0 Å². The van der Waals surface area contributed by atoms with Crippen LogP contribution in [0.25, 0.3) is 49.3 Å². The Morgan fingerprint density at radius 3 is 1.94 bits per heavy atom. The fraction of sp³-hybridized carbons (Fsp3) is 0.0750. The van der Waals surface area contributed by atoms with Crippen molar-refractivity contribution in [2.24, 2.45) is 20.5 Å². The molecule has 2 N–H and O–H groups in total. The maximum absolute atomic E-state index is 12.3. The van der Waals surface area contributed by atoms with Crippen LogP contribution in [0.3, 0.4) is 0 Å². The predicted molar refractivity (Wildman–Crippen MR) is 201 cm³/mol. The molecular formula is C40H26N10O4. The van der Waals surface area contributed by atoms with E-state index in [9.17, 15) is 20.3 Å².